The zero-order valence-corrected chi connectivity index (χ0v) is 18.2. The van der Waals surface area contributed by atoms with Crippen molar-refractivity contribution in [2.75, 3.05) is 25.5 Å². The third-order valence-corrected chi connectivity index (χ3v) is 6.81. The Labute approximate surface area is 182 Å². The second-order valence-electron chi connectivity index (χ2n) is 7.02. The number of likely N-dealkylation sites (tertiary alicyclic amines) is 1. The molecule has 30 heavy (non-hydrogen) atoms. The lowest BCUT2D eigenvalue weighted by Crippen LogP contribution is -2.41. The molecule has 0 spiro atoms. The summed E-state index contributed by atoms with van der Waals surface area (Å²) in [6.45, 7) is 1.17. The smallest absolute Gasteiger partial charge is 0.263 e. The van der Waals surface area contributed by atoms with E-state index in [0.29, 0.717) is 37.5 Å². The summed E-state index contributed by atoms with van der Waals surface area (Å²) in [7, 11) is 1.64. The number of ether oxygens (including phenoxy) is 1. The van der Waals surface area contributed by atoms with Crippen molar-refractivity contribution in [3.05, 3.63) is 57.2 Å². The van der Waals surface area contributed by atoms with Crippen LogP contribution in [0.2, 0.25) is 0 Å². The lowest BCUT2D eigenvalue weighted by Gasteiger charge is -2.30. The average molecular weight is 443 g/mol. The predicted octanol–water partition coefficient (Wildman–Crippen LogP) is 3.69. The normalized spacial score (nSPS) is 14.5. The summed E-state index contributed by atoms with van der Waals surface area (Å²) in [6, 6.07) is 11.5. The molecule has 0 radical (unpaired) electrons. The molecule has 0 aliphatic carbocycles. The van der Waals surface area contributed by atoms with Crippen molar-refractivity contribution in [1.29, 1.82) is 0 Å². The van der Waals surface area contributed by atoms with Crippen LogP contribution in [-0.2, 0) is 11.2 Å². The number of thiophene rings is 1. The van der Waals surface area contributed by atoms with Gasteiger partial charge in [0.05, 0.1) is 12.0 Å². The molecule has 3 aromatic rings. The molecular formula is C21H22N4O3S2. The Bertz CT molecular complexity index is 1010. The van der Waals surface area contributed by atoms with Crippen LogP contribution in [0.1, 0.15) is 33.1 Å². The van der Waals surface area contributed by atoms with E-state index in [1.807, 2.05) is 46.7 Å². The fraction of sp³-hybridized carbons (Fsp3) is 0.333. The molecule has 2 amide bonds. The Hall–Kier alpha value is -2.78. The first-order valence-electron chi connectivity index (χ1n) is 9.72. The van der Waals surface area contributed by atoms with Gasteiger partial charge in [0.15, 0.2) is 0 Å². The van der Waals surface area contributed by atoms with Gasteiger partial charge in [-0.2, -0.15) is 0 Å². The second-order valence-corrected chi connectivity index (χ2v) is 9.03. The van der Waals surface area contributed by atoms with Crippen molar-refractivity contribution < 1.29 is 14.3 Å². The molecule has 1 aliphatic rings. The molecule has 4 rings (SSSR count). The number of amides is 2. The Morgan fingerprint density at radius 3 is 2.70 bits per heavy atom. The van der Waals surface area contributed by atoms with Crippen LogP contribution >= 0.6 is 22.7 Å². The van der Waals surface area contributed by atoms with E-state index in [9.17, 15) is 9.59 Å². The number of nitrogens with zero attached hydrogens (tertiary/aromatic N) is 3. The monoisotopic (exact) mass is 442 g/mol. The number of hydrogen-bond acceptors (Lipinski definition) is 7. The minimum absolute atomic E-state index is 0.0500. The highest BCUT2D eigenvalue weighted by molar-refractivity contribution is 7.15. The molecule has 0 atom stereocenters. The maximum absolute atomic E-state index is 12.6. The summed E-state index contributed by atoms with van der Waals surface area (Å²) in [5, 5.41) is 14.4. The van der Waals surface area contributed by atoms with Gasteiger partial charge in [-0.3, -0.25) is 9.59 Å². The van der Waals surface area contributed by atoms with Gasteiger partial charge in [-0.15, -0.1) is 21.5 Å². The van der Waals surface area contributed by atoms with Crippen molar-refractivity contribution in [1.82, 2.24) is 15.1 Å². The quantitative estimate of drug-likeness (QED) is 0.629. The van der Waals surface area contributed by atoms with Gasteiger partial charge in [0.25, 0.3) is 5.91 Å². The molecule has 3 heterocycles. The third kappa shape index (κ3) is 4.68. The molecule has 2 aromatic heterocycles. The molecule has 1 N–H and O–H groups in total. The summed E-state index contributed by atoms with van der Waals surface area (Å²) in [5.41, 5.74) is 1.02. The Kier molecular flexibility index (Phi) is 6.39. The standard InChI is InChI=1S/C21H22N4O3S2/c1-28-16-6-3-2-5-15(16)13-18-23-24-21(30-18)22-19(26)14-8-10-25(11-9-14)20(27)17-7-4-12-29-17/h2-7,12,14H,8-11,13H2,1H3,(H,22,24,26). The lowest BCUT2D eigenvalue weighted by atomic mass is 9.96. The van der Waals surface area contributed by atoms with Crippen LogP contribution in [-0.4, -0.2) is 47.1 Å². The largest absolute Gasteiger partial charge is 0.496 e. The van der Waals surface area contributed by atoms with Crippen molar-refractivity contribution in [2.45, 2.75) is 19.3 Å². The molecule has 1 aliphatic heterocycles. The Morgan fingerprint density at radius 2 is 1.97 bits per heavy atom. The number of piperidine rings is 1. The highest BCUT2D eigenvalue weighted by Gasteiger charge is 2.28. The number of anilines is 1. The molecule has 9 heteroatoms. The zero-order valence-electron chi connectivity index (χ0n) is 16.5. The molecule has 7 nitrogen and oxygen atoms in total. The van der Waals surface area contributed by atoms with E-state index in [4.69, 9.17) is 4.74 Å². The molecule has 156 valence electrons. The van der Waals surface area contributed by atoms with E-state index in [1.54, 1.807) is 7.11 Å². The number of aromatic nitrogens is 2. The molecule has 1 aromatic carbocycles. The first-order chi connectivity index (χ1) is 14.6. The molecule has 0 saturated carbocycles. The highest BCUT2D eigenvalue weighted by atomic mass is 32.1. The molecule has 0 unspecified atom stereocenters. The summed E-state index contributed by atoms with van der Waals surface area (Å²) in [5.74, 6) is 0.674. The van der Waals surface area contributed by atoms with E-state index in [-0.39, 0.29) is 17.7 Å². The first-order valence-corrected chi connectivity index (χ1v) is 11.4. The second kappa shape index (κ2) is 9.36. The van der Waals surface area contributed by atoms with Crippen LogP contribution in [0.4, 0.5) is 5.13 Å². The van der Waals surface area contributed by atoms with E-state index < -0.39 is 0 Å². The minimum Gasteiger partial charge on any atom is -0.496 e. The number of carbonyl (C=O) groups excluding carboxylic acids is 2. The Balaban J connectivity index is 1.30. The van der Waals surface area contributed by atoms with E-state index in [0.717, 1.165) is 21.2 Å². The van der Waals surface area contributed by atoms with Crippen LogP contribution in [0.15, 0.2) is 41.8 Å². The number of para-hydroxylation sites is 1. The summed E-state index contributed by atoms with van der Waals surface area (Å²) in [4.78, 5) is 27.7. The number of methoxy groups -OCH3 is 1. The number of rotatable bonds is 6. The van der Waals surface area contributed by atoms with Crippen molar-refractivity contribution >= 4 is 39.6 Å². The van der Waals surface area contributed by atoms with Crippen LogP contribution in [0.3, 0.4) is 0 Å². The maximum Gasteiger partial charge on any atom is 0.263 e. The highest BCUT2D eigenvalue weighted by Crippen LogP contribution is 2.26. The van der Waals surface area contributed by atoms with Crippen LogP contribution in [0.25, 0.3) is 0 Å². The molecular weight excluding hydrogens is 420 g/mol. The van der Waals surface area contributed by atoms with Gasteiger partial charge in [0.2, 0.25) is 11.0 Å². The van der Waals surface area contributed by atoms with Crippen molar-refractivity contribution in [3.8, 4) is 5.75 Å². The third-order valence-electron chi connectivity index (χ3n) is 5.12. The van der Waals surface area contributed by atoms with Gasteiger partial charge >= 0.3 is 0 Å². The van der Waals surface area contributed by atoms with Crippen LogP contribution in [0.5, 0.6) is 5.75 Å². The van der Waals surface area contributed by atoms with Gasteiger partial charge in [0, 0.05) is 31.0 Å². The number of hydrogen-bond donors (Lipinski definition) is 1. The first kappa shape index (κ1) is 20.5. The van der Waals surface area contributed by atoms with Gasteiger partial charge in [0.1, 0.15) is 10.8 Å². The van der Waals surface area contributed by atoms with E-state index in [1.165, 1.54) is 22.7 Å². The number of benzene rings is 1. The minimum atomic E-state index is -0.126. The number of carbonyl (C=O) groups is 2. The average Bonchev–Trinajstić information content (AvgIpc) is 3.46. The fourth-order valence-electron chi connectivity index (χ4n) is 3.50. The molecule has 1 fully saturated rings. The van der Waals surface area contributed by atoms with Crippen LogP contribution in [0, 0.1) is 5.92 Å². The predicted molar refractivity (Wildman–Crippen MR) is 117 cm³/mol. The SMILES string of the molecule is COc1ccccc1Cc1nnc(NC(=O)C2CCN(C(=O)c3cccs3)CC2)s1. The lowest BCUT2D eigenvalue weighted by molar-refractivity contribution is -0.121. The Morgan fingerprint density at radius 1 is 1.17 bits per heavy atom. The molecule has 0 bridgehead atoms. The zero-order chi connectivity index (χ0) is 20.9. The van der Waals surface area contributed by atoms with Gasteiger partial charge in [-0.05, 0) is 30.4 Å². The van der Waals surface area contributed by atoms with E-state index >= 15 is 0 Å². The topological polar surface area (TPSA) is 84.4 Å². The van der Waals surface area contributed by atoms with Crippen molar-refractivity contribution in [2.24, 2.45) is 5.92 Å². The summed E-state index contributed by atoms with van der Waals surface area (Å²) >= 11 is 2.82. The van der Waals surface area contributed by atoms with Crippen LogP contribution < -0.4 is 10.1 Å². The van der Waals surface area contributed by atoms with E-state index in [2.05, 4.69) is 15.5 Å². The van der Waals surface area contributed by atoms with Crippen molar-refractivity contribution in [3.63, 3.8) is 0 Å². The fourth-order valence-corrected chi connectivity index (χ4v) is 4.95. The van der Waals surface area contributed by atoms with Gasteiger partial charge in [-0.25, -0.2) is 0 Å². The summed E-state index contributed by atoms with van der Waals surface area (Å²) in [6.07, 6.45) is 1.90. The van der Waals surface area contributed by atoms with Gasteiger partial charge in [-0.1, -0.05) is 35.6 Å². The maximum atomic E-state index is 12.6. The molecule has 1 saturated heterocycles. The summed E-state index contributed by atoms with van der Waals surface area (Å²) < 4.78 is 5.38. The van der Waals surface area contributed by atoms with Gasteiger partial charge < -0.3 is 15.0 Å². The number of nitrogens with one attached hydrogen (secondary N) is 1.